The number of aromatic carboxylic acids is 1. The zero-order valence-corrected chi connectivity index (χ0v) is 14.5. The SMILES string of the molecule is Cc1cc(C(=O)N2CCN[C@@H](c3ccccc3)[C@H]2C)sc1C(=O)O. The summed E-state index contributed by atoms with van der Waals surface area (Å²) in [6, 6.07) is 11.8. The molecule has 3 rings (SSSR count). The number of piperazine rings is 1. The monoisotopic (exact) mass is 344 g/mol. The van der Waals surface area contributed by atoms with Crippen LogP contribution in [0, 0.1) is 6.92 Å². The van der Waals surface area contributed by atoms with Gasteiger partial charge in [-0.05, 0) is 31.0 Å². The van der Waals surface area contributed by atoms with Crippen molar-refractivity contribution in [2.75, 3.05) is 13.1 Å². The van der Waals surface area contributed by atoms with E-state index in [1.165, 1.54) is 0 Å². The third kappa shape index (κ3) is 3.07. The third-order valence-corrected chi connectivity index (χ3v) is 5.65. The number of nitrogens with one attached hydrogen (secondary N) is 1. The molecule has 1 fully saturated rings. The van der Waals surface area contributed by atoms with Crippen molar-refractivity contribution < 1.29 is 14.7 Å². The Bertz CT molecular complexity index is 757. The number of hydrogen-bond acceptors (Lipinski definition) is 4. The first-order valence-electron chi connectivity index (χ1n) is 7.92. The lowest BCUT2D eigenvalue weighted by Crippen LogP contribution is -2.53. The van der Waals surface area contributed by atoms with Gasteiger partial charge in [-0.25, -0.2) is 4.79 Å². The second-order valence-corrected chi connectivity index (χ2v) is 7.06. The van der Waals surface area contributed by atoms with Gasteiger partial charge in [-0.3, -0.25) is 4.79 Å². The van der Waals surface area contributed by atoms with Crippen molar-refractivity contribution in [1.82, 2.24) is 10.2 Å². The van der Waals surface area contributed by atoms with Crippen LogP contribution in [0.15, 0.2) is 36.4 Å². The van der Waals surface area contributed by atoms with Crippen LogP contribution in [0.5, 0.6) is 0 Å². The zero-order chi connectivity index (χ0) is 17.3. The molecule has 2 atom stereocenters. The highest BCUT2D eigenvalue weighted by molar-refractivity contribution is 7.16. The Hall–Kier alpha value is -2.18. The van der Waals surface area contributed by atoms with Crippen molar-refractivity contribution in [3.63, 3.8) is 0 Å². The van der Waals surface area contributed by atoms with Crippen LogP contribution in [-0.4, -0.2) is 41.0 Å². The lowest BCUT2D eigenvalue weighted by Gasteiger charge is -2.40. The maximum absolute atomic E-state index is 12.9. The molecule has 5 nitrogen and oxygen atoms in total. The summed E-state index contributed by atoms with van der Waals surface area (Å²) in [5, 5.41) is 12.7. The molecule has 1 aliphatic rings. The summed E-state index contributed by atoms with van der Waals surface area (Å²) in [7, 11) is 0. The first-order valence-corrected chi connectivity index (χ1v) is 8.73. The van der Waals surface area contributed by atoms with Gasteiger partial charge in [-0.1, -0.05) is 30.3 Å². The van der Waals surface area contributed by atoms with Crippen LogP contribution in [0.2, 0.25) is 0 Å². The molecule has 6 heteroatoms. The highest BCUT2D eigenvalue weighted by Gasteiger charge is 2.33. The van der Waals surface area contributed by atoms with Crippen molar-refractivity contribution >= 4 is 23.2 Å². The van der Waals surface area contributed by atoms with Gasteiger partial charge in [-0.2, -0.15) is 0 Å². The minimum absolute atomic E-state index is 0.00988. The lowest BCUT2D eigenvalue weighted by molar-refractivity contribution is 0.0594. The molecule has 2 aromatic rings. The van der Waals surface area contributed by atoms with Gasteiger partial charge in [0.05, 0.1) is 10.9 Å². The summed E-state index contributed by atoms with van der Waals surface area (Å²) < 4.78 is 0. The van der Waals surface area contributed by atoms with E-state index < -0.39 is 5.97 Å². The Morgan fingerprint density at radius 3 is 2.62 bits per heavy atom. The molecule has 0 spiro atoms. The van der Waals surface area contributed by atoms with Gasteiger partial charge in [0, 0.05) is 19.1 Å². The summed E-state index contributed by atoms with van der Waals surface area (Å²) >= 11 is 1.06. The van der Waals surface area contributed by atoms with Crippen molar-refractivity contribution in [1.29, 1.82) is 0 Å². The number of hydrogen-bond donors (Lipinski definition) is 2. The van der Waals surface area contributed by atoms with Gasteiger partial charge in [0.1, 0.15) is 4.88 Å². The van der Waals surface area contributed by atoms with Crippen molar-refractivity contribution in [2.24, 2.45) is 0 Å². The molecule has 0 bridgehead atoms. The smallest absolute Gasteiger partial charge is 0.346 e. The average molecular weight is 344 g/mol. The minimum atomic E-state index is -0.980. The van der Waals surface area contributed by atoms with Crippen LogP contribution in [0.1, 0.15) is 43.4 Å². The summed E-state index contributed by atoms with van der Waals surface area (Å²) in [5.74, 6) is -1.07. The number of amides is 1. The van der Waals surface area contributed by atoms with E-state index in [2.05, 4.69) is 17.4 Å². The number of thiophene rings is 1. The third-order valence-electron chi connectivity index (χ3n) is 4.43. The number of benzene rings is 1. The number of nitrogens with zero attached hydrogens (tertiary/aromatic N) is 1. The second kappa shape index (κ2) is 6.75. The Morgan fingerprint density at radius 2 is 2.00 bits per heavy atom. The second-order valence-electron chi connectivity index (χ2n) is 6.01. The number of rotatable bonds is 3. The number of carboxylic acid groups (broad SMARTS) is 1. The number of carbonyl (C=O) groups excluding carboxylic acids is 1. The van der Waals surface area contributed by atoms with E-state index in [0.29, 0.717) is 23.5 Å². The molecule has 1 aromatic carbocycles. The molecule has 0 aliphatic carbocycles. The van der Waals surface area contributed by atoms with E-state index in [9.17, 15) is 14.7 Å². The maximum Gasteiger partial charge on any atom is 0.346 e. The Balaban J connectivity index is 1.84. The van der Waals surface area contributed by atoms with E-state index in [-0.39, 0.29) is 22.9 Å². The van der Waals surface area contributed by atoms with Crippen LogP contribution >= 0.6 is 11.3 Å². The highest BCUT2D eigenvalue weighted by atomic mass is 32.1. The van der Waals surface area contributed by atoms with Crippen LogP contribution < -0.4 is 5.32 Å². The fraction of sp³-hybridized carbons (Fsp3) is 0.333. The maximum atomic E-state index is 12.9. The normalized spacial score (nSPS) is 20.8. The average Bonchev–Trinajstić information content (AvgIpc) is 2.97. The lowest BCUT2D eigenvalue weighted by atomic mass is 9.97. The fourth-order valence-electron chi connectivity index (χ4n) is 3.18. The number of aryl methyl sites for hydroxylation is 1. The molecule has 2 N–H and O–H groups in total. The van der Waals surface area contributed by atoms with Crippen molar-refractivity contribution in [3.8, 4) is 0 Å². The summed E-state index contributed by atoms with van der Waals surface area (Å²) in [4.78, 5) is 26.7. The first kappa shape index (κ1) is 16.7. The molecule has 0 unspecified atom stereocenters. The minimum Gasteiger partial charge on any atom is -0.477 e. The zero-order valence-electron chi connectivity index (χ0n) is 13.7. The predicted molar refractivity (Wildman–Crippen MR) is 93.7 cm³/mol. The summed E-state index contributed by atoms with van der Waals surface area (Å²) in [6.07, 6.45) is 0. The standard InChI is InChI=1S/C18H20N2O3S/c1-11-10-14(24-16(11)18(22)23)17(21)20-9-8-19-15(12(20)2)13-6-4-3-5-7-13/h3-7,10,12,15,19H,8-9H2,1-2H3,(H,22,23)/t12-,15-/m1/s1. The van der Waals surface area contributed by atoms with Crippen LogP contribution in [0.3, 0.4) is 0 Å². The topological polar surface area (TPSA) is 69.6 Å². The molecule has 0 saturated carbocycles. The molecular weight excluding hydrogens is 324 g/mol. The molecule has 24 heavy (non-hydrogen) atoms. The molecule has 2 heterocycles. The van der Waals surface area contributed by atoms with E-state index in [1.54, 1.807) is 13.0 Å². The van der Waals surface area contributed by atoms with Crippen molar-refractivity contribution in [3.05, 3.63) is 57.3 Å². The van der Waals surface area contributed by atoms with Gasteiger partial charge < -0.3 is 15.3 Å². The Kier molecular flexibility index (Phi) is 4.69. The van der Waals surface area contributed by atoms with E-state index in [0.717, 1.165) is 16.9 Å². The molecule has 1 aromatic heterocycles. The van der Waals surface area contributed by atoms with Gasteiger partial charge in [-0.15, -0.1) is 11.3 Å². The van der Waals surface area contributed by atoms with Gasteiger partial charge >= 0.3 is 5.97 Å². The summed E-state index contributed by atoms with van der Waals surface area (Å²) in [5.41, 5.74) is 1.79. The quantitative estimate of drug-likeness (QED) is 0.898. The molecule has 1 amide bonds. The predicted octanol–water partition coefficient (Wildman–Crippen LogP) is 2.93. The number of carbonyl (C=O) groups is 2. The molecule has 0 radical (unpaired) electrons. The Labute approximate surface area is 144 Å². The number of carboxylic acids is 1. The van der Waals surface area contributed by atoms with Gasteiger partial charge in [0.15, 0.2) is 0 Å². The molecular formula is C18H20N2O3S. The first-order chi connectivity index (χ1) is 11.5. The van der Waals surface area contributed by atoms with Crippen LogP contribution in [-0.2, 0) is 0 Å². The summed E-state index contributed by atoms with van der Waals surface area (Å²) in [6.45, 7) is 5.08. The van der Waals surface area contributed by atoms with Gasteiger partial charge in [0.2, 0.25) is 0 Å². The van der Waals surface area contributed by atoms with Gasteiger partial charge in [0.25, 0.3) is 5.91 Å². The van der Waals surface area contributed by atoms with Crippen LogP contribution in [0.25, 0.3) is 0 Å². The van der Waals surface area contributed by atoms with Crippen molar-refractivity contribution in [2.45, 2.75) is 25.9 Å². The molecule has 1 aliphatic heterocycles. The fourth-order valence-corrected chi connectivity index (χ4v) is 4.15. The van der Waals surface area contributed by atoms with Crippen LogP contribution in [0.4, 0.5) is 0 Å². The largest absolute Gasteiger partial charge is 0.477 e. The van der Waals surface area contributed by atoms with E-state index in [4.69, 9.17) is 0 Å². The van der Waals surface area contributed by atoms with E-state index >= 15 is 0 Å². The van der Waals surface area contributed by atoms with E-state index in [1.807, 2.05) is 30.0 Å². The molecule has 1 saturated heterocycles. The highest BCUT2D eigenvalue weighted by Crippen LogP contribution is 2.28. The molecule has 126 valence electrons. The Morgan fingerprint density at radius 1 is 1.29 bits per heavy atom.